The molecule has 2 N–H and O–H groups in total. The SMILES string of the molecule is C[S@](=N)(=O)c1cccc(O)c1. The quantitative estimate of drug-likeness (QED) is 0.671. The highest BCUT2D eigenvalue weighted by atomic mass is 32.2. The lowest BCUT2D eigenvalue weighted by atomic mass is 10.3. The van der Waals surface area contributed by atoms with Crippen LogP contribution in [0.4, 0.5) is 0 Å². The molecule has 0 amide bonds. The van der Waals surface area contributed by atoms with Crippen LogP contribution in [0.25, 0.3) is 0 Å². The van der Waals surface area contributed by atoms with Crippen LogP contribution in [-0.4, -0.2) is 15.6 Å². The van der Waals surface area contributed by atoms with E-state index in [-0.39, 0.29) is 5.75 Å². The van der Waals surface area contributed by atoms with Gasteiger partial charge in [-0.05, 0) is 18.2 Å². The van der Waals surface area contributed by atoms with Crippen molar-refractivity contribution in [1.29, 1.82) is 4.78 Å². The summed E-state index contributed by atoms with van der Waals surface area (Å²) in [5.74, 6) is 0.0457. The molecule has 1 aromatic carbocycles. The molecule has 1 rings (SSSR count). The predicted octanol–water partition coefficient (Wildman–Crippen LogP) is 1.43. The van der Waals surface area contributed by atoms with Crippen molar-refractivity contribution >= 4 is 9.73 Å². The van der Waals surface area contributed by atoms with E-state index in [0.717, 1.165) is 0 Å². The standard InChI is InChI=1S/C7H9NO2S/c1-11(8,10)7-4-2-3-6(9)5-7/h2-5,8-9H,1H3/t11-/m0/s1. The molecule has 3 nitrogen and oxygen atoms in total. The monoisotopic (exact) mass is 171 g/mol. The third-order valence-electron chi connectivity index (χ3n) is 1.27. The summed E-state index contributed by atoms with van der Waals surface area (Å²) in [6, 6.07) is 5.96. The van der Waals surface area contributed by atoms with E-state index in [0.29, 0.717) is 4.90 Å². The molecule has 0 heterocycles. The van der Waals surface area contributed by atoms with Gasteiger partial charge in [0.25, 0.3) is 0 Å². The first-order chi connectivity index (χ1) is 5.00. The van der Waals surface area contributed by atoms with Crippen LogP contribution in [0.15, 0.2) is 29.2 Å². The van der Waals surface area contributed by atoms with Crippen molar-refractivity contribution in [1.82, 2.24) is 0 Å². The Kier molecular flexibility index (Phi) is 1.87. The minimum absolute atomic E-state index is 0.0457. The molecule has 0 fully saturated rings. The average Bonchev–Trinajstić information content (AvgIpc) is 1.86. The van der Waals surface area contributed by atoms with E-state index in [1.54, 1.807) is 12.1 Å². The molecule has 0 spiro atoms. The van der Waals surface area contributed by atoms with E-state index in [1.807, 2.05) is 0 Å². The Morgan fingerprint density at radius 3 is 2.55 bits per heavy atom. The first kappa shape index (κ1) is 8.07. The largest absolute Gasteiger partial charge is 0.508 e. The van der Waals surface area contributed by atoms with E-state index in [1.165, 1.54) is 18.4 Å². The van der Waals surface area contributed by atoms with Crippen LogP contribution in [-0.2, 0) is 9.73 Å². The maximum Gasteiger partial charge on any atom is 0.116 e. The van der Waals surface area contributed by atoms with Crippen molar-refractivity contribution in [2.75, 3.05) is 6.26 Å². The van der Waals surface area contributed by atoms with Gasteiger partial charge in [-0.2, -0.15) is 0 Å². The molecular weight excluding hydrogens is 162 g/mol. The zero-order chi connectivity index (χ0) is 8.48. The van der Waals surface area contributed by atoms with Gasteiger partial charge >= 0.3 is 0 Å². The van der Waals surface area contributed by atoms with Crippen LogP contribution >= 0.6 is 0 Å². The normalized spacial score (nSPS) is 15.7. The summed E-state index contributed by atoms with van der Waals surface area (Å²) in [7, 11) is -2.69. The van der Waals surface area contributed by atoms with E-state index in [9.17, 15) is 4.21 Å². The van der Waals surface area contributed by atoms with Gasteiger partial charge in [0, 0.05) is 6.26 Å². The number of aromatic hydroxyl groups is 1. The number of phenolic OH excluding ortho intramolecular Hbond substituents is 1. The molecule has 1 aromatic rings. The van der Waals surface area contributed by atoms with Gasteiger partial charge in [-0.25, -0.2) is 8.99 Å². The highest BCUT2D eigenvalue weighted by molar-refractivity contribution is 7.91. The second-order valence-corrected chi connectivity index (χ2v) is 4.50. The maximum absolute atomic E-state index is 11.1. The van der Waals surface area contributed by atoms with Crippen molar-refractivity contribution in [2.24, 2.45) is 0 Å². The highest BCUT2D eigenvalue weighted by Crippen LogP contribution is 2.15. The fourth-order valence-electron chi connectivity index (χ4n) is 0.726. The Balaban J connectivity index is 3.28. The Bertz CT molecular complexity index is 356. The third-order valence-corrected chi connectivity index (χ3v) is 2.42. The second kappa shape index (κ2) is 2.54. The van der Waals surface area contributed by atoms with Crippen LogP contribution in [0, 0.1) is 4.78 Å². The number of rotatable bonds is 1. The molecule has 60 valence electrons. The third kappa shape index (κ3) is 1.94. The summed E-state index contributed by atoms with van der Waals surface area (Å²) in [5.41, 5.74) is 0. The molecule has 0 bridgehead atoms. The van der Waals surface area contributed by atoms with E-state index in [2.05, 4.69) is 0 Å². The maximum atomic E-state index is 11.1. The molecule has 0 radical (unpaired) electrons. The molecule has 0 aliphatic carbocycles. The molecule has 0 unspecified atom stereocenters. The molecule has 0 aliphatic heterocycles. The number of hydrogen-bond acceptors (Lipinski definition) is 3. The van der Waals surface area contributed by atoms with Gasteiger partial charge < -0.3 is 5.11 Å². The van der Waals surface area contributed by atoms with Gasteiger partial charge in [0.2, 0.25) is 0 Å². The van der Waals surface area contributed by atoms with Crippen molar-refractivity contribution in [3.05, 3.63) is 24.3 Å². The van der Waals surface area contributed by atoms with Gasteiger partial charge in [-0.3, -0.25) is 0 Å². The number of nitrogens with one attached hydrogen (secondary N) is 1. The lowest BCUT2D eigenvalue weighted by molar-refractivity contribution is 0.473. The van der Waals surface area contributed by atoms with Crippen molar-refractivity contribution in [2.45, 2.75) is 4.90 Å². The van der Waals surface area contributed by atoms with Crippen LogP contribution in [0.2, 0.25) is 0 Å². The van der Waals surface area contributed by atoms with E-state index < -0.39 is 9.73 Å². The molecule has 0 aromatic heterocycles. The minimum atomic E-state index is -2.69. The minimum Gasteiger partial charge on any atom is -0.508 e. The Labute approximate surface area is 65.7 Å². The van der Waals surface area contributed by atoms with Crippen LogP contribution < -0.4 is 0 Å². The molecule has 0 saturated heterocycles. The van der Waals surface area contributed by atoms with Crippen molar-refractivity contribution in [3.8, 4) is 5.75 Å². The van der Waals surface area contributed by atoms with E-state index >= 15 is 0 Å². The van der Waals surface area contributed by atoms with Gasteiger partial charge in [0.1, 0.15) is 5.75 Å². The fourth-order valence-corrected chi connectivity index (χ4v) is 1.41. The lowest BCUT2D eigenvalue weighted by Crippen LogP contribution is -1.93. The smallest absolute Gasteiger partial charge is 0.116 e. The summed E-state index contributed by atoms with van der Waals surface area (Å²) in [6.45, 7) is 0. The number of phenols is 1. The first-order valence-electron chi connectivity index (χ1n) is 3.03. The van der Waals surface area contributed by atoms with Crippen LogP contribution in [0.1, 0.15) is 0 Å². The zero-order valence-corrected chi connectivity index (χ0v) is 6.89. The molecular formula is C7H9NO2S. The van der Waals surface area contributed by atoms with Crippen molar-refractivity contribution in [3.63, 3.8) is 0 Å². The predicted molar refractivity (Wildman–Crippen MR) is 43.2 cm³/mol. The topological polar surface area (TPSA) is 61.2 Å². The molecule has 0 aliphatic rings. The highest BCUT2D eigenvalue weighted by Gasteiger charge is 2.01. The summed E-state index contributed by atoms with van der Waals surface area (Å²) in [5, 5.41) is 8.97. The van der Waals surface area contributed by atoms with Crippen LogP contribution in [0.3, 0.4) is 0 Å². The Hall–Kier alpha value is -1.03. The van der Waals surface area contributed by atoms with Crippen LogP contribution in [0.5, 0.6) is 5.75 Å². The molecule has 1 atom stereocenters. The van der Waals surface area contributed by atoms with Gasteiger partial charge in [-0.1, -0.05) is 6.07 Å². The lowest BCUT2D eigenvalue weighted by Gasteiger charge is -1.99. The first-order valence-corrected chi connectivity index (χ1v) is 4.99. The fraction of sp³-hybridized carbons (Fsp3) is 0.143. The van der Waals surface area contributed by atoms with Gasteiger partial charge in [-0.15, -0.1) is 0 Å². The van der Waals surface area contributed by atoms with Crippen molar-refractivity contribution < 1.29 is 9.32 Å². The molecule has 0 saturated carbocycles. The van der Waals surface area contributed by atoms with Gasteiger partial charge in [0.15, 0.2) is 0 Å². The van der Waals surface area contributed by atoms with E-state index in [4.69, 9.17) is 9.89 Å². The Morgan fingerprint density at radius 1 is 1.55 bits per heavy atom. The summed E-state index contributed by atoms with van der Waals surface area (Å²) >= 11 is 0. The number of hydrogen-bond donors (Lipinski definition) is 2. The average molecular weight is 171 g/mol. The number of benzene rings is 1. The molecule has 11 heavy (non-hydrogen) atoms. The zero-order valence-electron chi connectivity index (χ0n) is 6.07. The summed E-state index contributed by atoms with van der Waals surface area (Å²) in [6.07, 6.45) is 1.32. The second-order valence-electron chi connectivity index (χ2n) is 2.34. The summed E-state index contributed by atoms with van der Waals surface area (Å²) in [4.78, 5) is 0.359. The molecule has 4 heteroatoms. The van der Waals surface area contributed by atoms with Gasteiger partial charge in [0.05, 0.1) is 14.6 Å². The Morgan fingerprint density at radius 2 is 2.18 bits per heavy atom. The summed E-state index contributed by atoms with van der Waals surface area (Å²) < 4.78 is 18.3.